The van der Waals surface area contributed by atoms with Crippen molar-refractivity contribution in [3.63, 3.8) is 0 Å². The highest BCUT2D eigenvalue weighted by Crippen LogP contribution is 2.31. The third-order valence-electron chi connectivity index (χ3n) is 3.65. The molecule has 0 aromatic heterocycles. The number of nitrogens with one attached hydrogen (secondary N) is 2. The van der Waals surface area contributed by atoms with Gasteiger partial charge in [-0.2, -0.15) is 0 Å². The first kappa shape index (κ1) is 16.1. The molecule has 0 saturated heterocycles. The molecular weight excluding hydrogens is 335 g/mol. The standard InChI is InChI=1S/C16H14ClFN4O2/c17-10-7-9(5-6-11(10)18)20-16(24)22-8-13(15(19)23)21-12-3-1-2-4-14(12)22/h1-7,13,21H,8H2,(H2,19,23)(H,20,24). The van der Waals surface area contributed by atoms with E-state index in [1.54, 1.807) is 24.3 Å². The van der Waals surface area contributed by atoms with Crippen LogP contribution in [-0.2, 0) is 4.79 Å². The fourth-order valence-electron chi connectivity index (χ4n) is 2.46. The molecule has 3 rings (SSSR count). The lowest BCUT2D eigenvalue weighted by molar-refractivity contribution is -0.118. The van der Waals surface area contributed by atoms with Crippen molar-refractivity contribution in [2.45, 2.75) is 6.04 Å². The van der Waals surface area contributed by atoms with Gasteiger partial charge in [-0.25, -0.2) is 9.18 Å². The molecule has 1 aliphatic rings. The van der Waals surface area contributed by atoms with Gasteiger partial charge in [0, 0.05) is 5.69 Å². The number of benzene rings is 2. The fourth-order valence-corrected chi connectivity index (χ4v) is 2.64. The summed E-state index contributed by atoms with van der Waals surface area (Å²) >= 11 is 5.72. The van der Waals surface area contributed by atoms with Crippen molar-refractivity contribution in [2.24, 2.45) is 5.73 Å². The van der Waals surface area contributed by atoms with Gasteiger partial charge in [-0.05, 0) is 30.3 Å². The van der Waals surface area contributed by atoms with Gasteiger partial charge >= 0.3 is 6.03 Å². The normalized spacial score (nSPS) is 16.1. The quantitative estimate of drug-likeness (QED) is 0.779. The van der Waals surface area contributed by atoms with E-state index in [4.69, 9.17) is 17.3 Å². The van der Waals surface area contributed by atoms with Crippen molar-refractivity contribution in [3.8, 4) is 0 Å². The second kappa shape index (κ2) is 6.37. The lowest BCUT2D eigenvalue weighted by atomic mass is 10.1. The van der Waals surface area contributed by atoms with Gasteiger partial charge in [0.05, 0.1) is 22.9 Å². The summed E-state index contributed by atoms with van der Waals surface area (Å²) in [7, 11) is 0. The number of amides is 3. The molecule has 1 aliphatic heterocycles. The van der Waals surface area contributed by atoms with E-state index < -0.39 is 23.8 Å². The van der Waals surface area contributed by atoms with Crippen molar-refractivity contribution in [3.05, 3.63) is 53.3 Å². The summed E-state index contributed by atoms with van der Waals surface area (Å²) in [5.74, 6) is -1.14. The summed E-state index contributed by atoms with van der Waals surface area (Å²) in [5.41, 5.74) is 6.94. The van der Waals surface area contributed by atoms with E-state index in [2.05, 4.69) is 10.6 Å². The van der Waals surface area contributed by atoms with Gasteiger partial charge in [-0.3, -0.25) is 9.69 Å². The molecule has 124 valence electrons. The highest BCUT2D eigenvalue weighted by atomic mass is 35.5. The van der Waals surface area contributed by atoms with E-state index in [0.717, 1.165) is 6.07 Å². The maximum atomic E-state index is 13.2. The van der Waals surface area contributed by atoms with Gasteiger partial charge in [0.2, 0.25) is 5.91 Å². The van der Waals surface area contributed by atoms with Gasteiger partial charge in [-0.1, -0.05) is 23.7 Å². The Labute approximate surface area is 142 Å². The van der Waals surface area contributed by atoms with Crippen LogP contribution >= 0.6 is 11.6 Å². The molecule has 0 spiro atoms. The fraction of sp³-hybridized carbons (Fsp3) is 0.125. The number of anilines is 3. The second-order valence-electron chi connectivity index (χ2n) is 5.29. The number of carbonyl (C=O) groups excluding carboxylic acids is 2. The monoisotopic (exact) mass is 348 g/mol. The first-order valence-corrected chi connectivity index (χ1v) is 7.52. The SMILES string of the molecule is NC(=O)C1CN(C(=O)Nc2ccc(F)c(Cl)c2)c2ccccc2N1. The van der Waals surface area contributed by atoms with E-state index >= 15 is 0 Å². The zero-order valence-electron chi connectivity index (χ0n) is 12.4. The Morgan fingerprint density at radius 1 is 1.29 bits per heavy atom. The number of rotatable bonds is 2. The van der Waals surface area contributed by atoms with Gasteiger partial charge in [0.25, 0.3) is 0 Å². The Kier molecular flexibility index (Phi) is 4.26. The minimum absolute atomic E-state index is 0.0765. The summed E-state index contributed by atoms with van der Waals surface area (Å²) in [5, 5.41) is 5.54. The molecule has 0 bridgehead atoms. The Morgan fingerprint density at radius 2 is 2.04 bits per heavy atom. The number of urea groups is 1. The van der Waals surface area contributed by atoms with E-state index in [-0.39, 0.29) is 11.6 Å². The molecule has 1 unspecified atom stereocenters. The molecule has 0 fully saturated rings. The number of fused-ring (bicyclic) bond motifs is 1. The highest BCUT2D eigenvalue weighted by Gasteiger charge is 2.30. The molecule has 0 radical (unpaired) electrons. The van der Waals surface area contributed by atoms with Crippen molar-refractivity contribution in [1.82, 2.24) is 0 Å². The lowest BCUT2D eigenvalue weighted by Gasteiger charge is -2.34. The Morgan fingerprint density at radius 3 is 2.75 bits per heavy atom. The Balaban J connectivity index is 1.87. The van der Waals surface area contributed by atoms with Gasteiger partial charge in [0.1, 0.15) is 11.9 Å². The number of hydrogen-bond acceptors (Lipinski definition) is 3. The summed E-state index contributed by atoms with van der Waals surface area (Å²) in [6.07, 6.45) is 0. The van der Waals surface area contributed by atoms with Crippen LogP contribution in [-0.4, -0.2) is 24.5 Å². The number of primary amides is 1. The predicted molar refractivity (Wildman–Crippen MR) is 90.8 cm³/mol. The summed E-state index contributed by atoms with van der Waals surface area (Å²) in [4.78, 5) is 25.5. The maximum absolute atomic E-state index is 13.2. The van der Waals surface area contributed by atoms with Crippen LogP contribution in [0.4, 0.5) is 26.2 Å². The van der Waals surface area contributed by atoms with E-state index in [1.165, 1.54) is 17.0 Å². The minimum Gasteiger partial charge on any atom is -0.371 e. The van der Waals surface area contributed by atoms with Crippen LogP contribution in [0, 0.1) is 5.82 Å². The Bertz CT molecular complexity index is 814. The van der Waals surface area contributed by atoms with E-state index in [9.17, 15) is 14.0 Å². The van der Waals surface area contributed by atoms with Crippen LogP contribution in [0.2, 0.25) is 5.02 Å². The van der Waals surface area contributed by atoms with Crippen molar-refractivity contribution >= 4 is 40.6 Å². The molecular formula is C16H14ClFN4O2. The number of halogens is 2. The number of nitrogens with two attached hydrogens (primary N) is 1. The van der Waals surface area contributed by atoms with E-state index in [1.807, 2.05) is 0 Å². The smallest absolute Gasteiger partial charge is 0.326 e. The summed E-state index contributed by atoms with van der Waals surface area (Å²) in [6, 6.07) is 9.75. The molecule has 6 nitrogen and oxygen atoms in total. The van der Waals surface area contributed by atoms with Gasteiger partial charge < -0.3 is 16.4 Å². The Hall–Kier alpha value is -2.80. The van der Waals surface area contributed by atoms with E-state index in [0.29, 0.717) is 17.1 Å². The topological polar surface area (TPSA) is 87.5 Å². The molecule has 2 aromatic rings. The lowest BCUT2D eigenvalue weighted by Crippen LogP contribution is -2.51. The van der Waals surface area contributed by atoms with Crippen molar-refractivity contribution in [2.75, 3.05) is 22.1 Å². The molecule has 0 aliphatic carbocycles. The third-order valence-corrected chi connectivity index (χ3v) is 3.94. The van der Waals surface area contributed by atoms with Crippen LogP contribution < -0.4 is 21.3 Å². The maximum Gasteiger partial charge on any atom is 0.326 e. The number of nitrogens with zero attached hydrogens (tertiary/aromatic N) is 1. The summed E-state index contributed by atoms with van der Waals surface area (Å²) in [6.45, 7) is 0.0765. The number of para-hydroxylation sites is 2. The molecule has 24 heavy (non-hydrogen) atoms. The first-order chi connectivity index (χ1) is 11.5. The molecule has 1 atom stereocenters. The van der Waals surface area contributed by atoms with Crippen LogP contribution in [0.1, 0.15) is 0 Å². The van der Waals surface area contributed by atoms with Gasteiger partial charge in [0.15, 0.2) is 0 Å². The van der Waals surface area contributed by atoms with Crippen molar-refractivity contribution < 1.29 is 14.0 Å². The molecule has 4 N–H and O–H groups in total. The second-order valence-corrected chi connectivity index (χ2v) is 5.69. The van der Waals surface area contributed by atoms with Crippen LogP contribution in [0.15, 0.2) is 42.5 Å². The van der Waals surface area contributed by atoms with Crippen LogP contribution in [0.25, 0.3) is 0 Å². The average Bonchev–Trinajstić information content (AvgIpc) is 2.57. The first-order valence-electron chi connectivity index (χ1n) is 7.14. The molecule has 2 aromatic carbocycles. The number of carbonyl (C=O) groups is 2. The average molecular weight is 349 g/mol. The minimum atomic E-state index is -0.706. The van der Waals surface area contributed by atoms with Crippen molar-refractivity contribution in [1.29, 1.82) is 0 Å². The molecule has 0 saturated carbocycles. The predicted octanol–water partition coefficient (Wildman–Crippen LogP) is 2.80. The van der Waals surface area contributed by atoms with Gasteiger partial charge in [-0.15, -0.1) is 0 Å². The van der Waals surface area contributed by atoms with Crippen LogP contribution in [0.5, 0.6) is 0 Å². The molecule has 1 heterocycles. The zero-order chi connectivity index (χ0) is 17.3. The molecule has 8 heteroatoms. The largest absolute Gasteiger partial charge is 0.371 e. The van der Waals surface area contributed by atoms with Crippen LogP contribution in [0.3, 0.4) is 0 Å². The molecule has 3 amide bonds. The third kappa shape index (κ3) is 3.11. The number of hydrogen-bond donors (Lipinski definition) is 3. The highest BCUT2D eigenvalue weighted by molar-refractivity contribution is 6.31. The summed E-state index contributed by atoms with van der Waals surface area (Å²) < 4.78 is 13.2. The zero-order valence-corrected chi connectivity index (χ0v) is 13.2.